The molecule has 2 aromatic rings. The lowest BCUT2D eigenvalue weighted by molar-refractivity contribution is -0.130. The smallest absolute Gasteiger partial charge is 0.225 e. The van der Waals surface area contributed by atoms with Crippen LogP contribution in [-0.2, 0) is 9.59 Å². The Morgan fingerprint density at radius 2 is 1.58 bits per heavy atom. The summed E-state index contributed by atoms with van der Waals surface area (Å²) in [5.74, 6) is 0.141. The molecule has 1 saturated heterocycles. The number of nitrogens with one attached hydrogen (secondary N) is 1. The van der Waals surface area contributed by atoms with E-state index in [1.54, 1.807) is 6.92 Å². The number of carbonyl (C=O) groups is 2. The molecule has 2 amide bonds. The summed E-state index contributed by atoms with van der Waals surface area (Å²) in [5, 5.41) is 3.05. The number of anilines is 1. The highest BCUT2D eigenvalue weighted by molar-refractivity contribution is 5.95. The molecule has 3 rings (SSSR count). The Bertz CT molecular complexity index is 753. The fourth-order valence-electron chi connectivity index (χ4n) is 3.22. The van der Waals surface area contributed by atoms with Gasteiger partial charge in [-0.05, 0) is 11.6 Å². The summed E-state index contributed by atoms with van der Waals surface area (Å²) in [7, 11) is 0. The summed E-state index contributed by atoms with van der Waals surface area (Å²) in [5.41, 5.74) is 2.95. The minimum absolute atomic E-state index is 0.0161. The van der Waals surface area contributed by atoms with Crippen LogP contribution < -0.4 is 5.32 Å². The third kappa shape index (κ3) is 4.70. The van der Waals surface area contributed by atoms with Gasteiger partial charge in [-0.1, -0.05) is 48.5 Å². The molecule has 0 aliphatic carbocycles. The molecule has 0 atom stereocenters. The Morgan fingerprint density at radius 3 is 2.27 bits per heavy atom. The van der Waals surface area contributed by atoms with Gasteiger partial charge in [0.25, 0.3) is 0 Å². The fourth-order valence-corrected chi connectivity index (χ4v) is 3.22. The van der Waals surface area contributed by atoms with Gasteiger partial charge in [-0.25, -0.2) is 0 Å². The van der Waals surface area contributed by atoms with Gasteiger partial charge in [0.15, 0.2) is 0 Å². The van der Waals surface area contributed by atoms with E-state index in [4.69, 9.17) is 0 Å². The van der Waals surface area contributed by atoms with Gasteiger partial charge in [0.05, 0.1) is 0 Å². The van der Waals surface area contributed by atoms with Crippen LogP contribution in [0.5, 0.6) is 0 Å². The summed E-state index contributed by atoms with van der Waals surface area (Å²) < 4.78 is 0. The first-order valence-electron chi connectivity index (χ1n) is 9.05. The predicted molar refractivity (Wildman–Crippen MR) is 104 cm³/mol. The molecule has 0 saturated carbocycles. The third-order valence-electron chi connectivity index (χ3n) is 4.76. The molecule has 0 unspecified atom stereocenters. The average Bonchev–Trinajstić information content (AvgIpc) is 2.68. The van der Waals surface area contributed by atoms with E-state index in [1.807, 2.05) is 59.5 Å². The minimum atomic E-state index is 0.0161. The molecule has 1 aliphatic heterocycles. The van der Waals surface area contributed by atoms with Crippen molar-refractivity contribution in [3.63, 3.8) is 0 Å². The quantitative estimate of drug-likeness (QED) is 0.901. The van der Waals surface area contributed by atoms with Crippen LogP contribution in [0.1, 0.15) is 13.3 Å². The Labute approximate surface area is 154 Å². The summed E-state index contributed by atoms with van der Waals surface area (Å²) >= 11 is 0. The van der Waals surface area contributed by atoms with Gasteiger partial charge in [-0.15, -0.1) is 0 Å². The highest BCUT2D eigenvalue weighted by Crippen LogP contribution is 2.27. The predicted octanol–water partition coefficient (Wildman–Crippen LogP) is 2.85. The summed E-state index contributed by atoms with van der Waals surface area (Å²) in [4.78, 5) is 27.9. The van der Waals surface area contributed by atoms with E-state index in [2.05, 4.69) is 10.2 Å². The Morgan fingerprint density at radius 1 is 0.923 bits per heavy atom. The maximum absolute atomic E-state index is 12.4. The lowest BCUT2D eigenvalue weighted by Crippen LogP contribution is -2.48. The molecule has 5 heteroatoms. The molecule has 1 heterocycles. The molecule has 136 valence electrons. The van der Waals surface area contributed by atoms with Crippen molar-refractivity contribution >= 4 is 17.5 Å². The number of amides is 2. The first kappa shape index (κ1) is 18.1. The van der Waals surface area contributed by atoms with E-state index in [0.717, 1.165) is 43.0 Å². The largest absolute Gasteiger partial charge is 0.340 e. The third-order valence-corrected chi connectivity index (χ3v) is 4.76. The fraction of sp³-hybridized carbons (Fsp3) is 0.333. The highest BCUT2D eigenvalue weighted by atomic mass is 16.2. The van der Waals surface area contributed by atoms with Crippen LogP contribution in [0, 0.1) is 0 Å². The van der Waals surface area contributed by atoms with Gasteiger partial charge < -0.3 is 10.2 Å². The van der Waals surface area contributed by atoms with Crippen molar-refractivity contribution in [3.8, 4) is 11.1 Å². The van der Waals surface area contributed by atoms with E-state index in [0.29, 0.717) is 13.0 Å². The monoisotopic (exact) mass is 351 g/mol. The van der Waals surface area contributed by atoms with Gasteiger partial charge in [-0.3, -0.25) is 14.5 Å². The Kier molecular flexibility index (Phi) is 6.02. The van der Waals surface area contributed by atoms with Crippen LogP contribution in [0.15, 0.2) is 54.6 Å². The molecule has 0 spiro atoms. The van der Waals surface area contributed by atoms with Gasteiger partial charge >= 0.3 is 0 Å². The molecule has 1 aliphatic rings. The number of carbonyl (C=O) groups excluding carboxylic acids is 2. The van der Waals surface area contributed by atoms with Crippen molar-refractivity contribution in [1.29, 1.82) is 0 Å². The van der Waals surface area contributed by atoms with E-state index in [9.17, 15) is 9.59 Å². The van der Waals surface area contributed by atoms with Crippen LogP contribution in [0.3, 0.4) is 0 Å². The van der Waals surface area contributed by atoms with Crippen molar-refractivity contribution in [1.82, 2.24) is 9.80 Å². The average molecular weight is 351 g/mol. The second kappa shape index (κ2) is 8.63. The minimum Gasteiger partial charge on any atom is -0.340 e. The van der Waals surface area contributed by atoms with E-state index < -0.39 is 0 Å². The number of piperazine rings is 1. The topological polar surface area (TPSA) is 52.7 Å². The molecule has 26 heavy (non-hydrogen) atoms. The molecular formula is C21H25N3O2. The van der Waals surface area contributed by atoms with E-state index >= 15 is 0 Å². The normalized spacial score (nSPS) is 14.9. The SMILES string of the molecule is CC(=O)N1CCN(CCC(=O)Nc2ccccc2-c2ccccc2)CC1. The zero-order chi connectivity index (χ0) is 18.4. The molecular weight excluding hydrogens is 326 g/mol. The molecule has 0 radical (unpaired) electrons. The van der Waals surface area contributed by atoms with Gasteiger partial charge in [0.1, 0.15) is 0 Å². The van der Waals surface area contributed by atoms with Crippen LogP contribution >= 0.6 is 0 Å². The van der Waals surface area contributed by atoms with Crippen LogP contribution in [0.2, 0.25) is 0 Å². The maximum atomic E-state index is 12.4. The highest BCUT2D eigenvalue weighted by Gasteiger charge is 2.19. The number of benzene rings is 2. The van der Waals surface area contributed by atoms with Crippen molar-refractivity contribution < 1.29 is 9.59 Å². The second-order valence-corrected chi connectivity index (χ2v) is 6.56. The number of rotatable bonds is 5. The van der Waals surface area contributed by atoms with Gasteiger partial charge in [0, 0.05) is 57.3 Å². The van der Waals surface area contributed by atoms with E-state index in [-0.39, 0.29) is 11.8 Å². The number of para-hydroxylation sites is 1. The summed E-state index contributed by atoms with van der Waals surface area (Å²) in [6.45, 7) is 5.46. The second-order valence-electron chi connectivity index (χ2n) is 6.56. The first-order chi connectivity index (χ1) is 12.6. The summed E-state index contributed by atoms with van der Waals surface area (Å²) in [6, 6.07) is 17.9. The summed E-state index contributed by atoms with van der Waals surface area (Å²) in [6.07, 6.45) is 0.448. The molecule has 5 nitrogen and oxygen atoms in total. The van der Waals surface area contributed by atoms with Crippen LogP contribution in [0.25, 0.3) is 11.1 Å². The van der Waals surface area contributed by atoms with E-state index in [1.165, 1.54) is 0 Å². The zero-order valence-corrected chi connectivity index (χ0v) is 15.1. The molecule has 0 aromatic heterocycles. The van der Waals surface area contributed by atoms with Crippen LogP contribution in [0.4, 0.5) is 5.69 Å². The molecule has 2 aromatic carbocycles. The number of hydrogen-bond acceptors (Lipinski definition) is 3. The number of hydrogen-bond donors (Lipinski definition) is 1. The maximum Gasteiger partial charge on any atom is 0.225 e. The lowest BCUT2D eigenvalue weighted by Gasteiger charge is -2.34. The first-order valence-corrected chi connectivity index (χ1v) is 9.05. The van der Waals surface area contributed by atoms with Crippen molar-refractivity contribution in [3.05, 3.63) is 54.6 Å². The lowest BCUT2D eigenvalue weighted by atomic mass is 10.0. The van der Waals surface area contributed by atoms with Crippen LogP contribution in [-0.4, -0.2) is 54.3 Å². The molecule has 1 fully saturated rings. The Balaban J connectivity index is 1.54. The zero-order valence-electron chi connectivity index (χ0n) is 15.1. The Hall–Kier alpha value is -2.66. The number of nitrogens with zero attached hydrogens (tertiary/aromatic N) is 2. The molecule has 0 bridgehead atoms. The van der Waals surface area contributed by atoms with Gasteiger partial charge in [-0.2, -0.15) is 0 Å². The van der Waals surface area contributed by atoms with Crippen molar-refractivity contribution in [2.75, 3.05) is 38.0 Å². The standard InChI is InChI=1S/C21H25N3O2/c1-17(25)24-15-13-23(14-16-24)12-11-21(26)22-20-10-6-5-9-19(20)18-7-3-2-4-8-18/h2-10H,11-16H2,1H3,(H,22,26). The van der Waals surface area contributed by atoms with Gasteiger partial charge in [0.2, 0.25) is 11.8 Å². The van der Waals surface area contributed by atoms with Crippen molar-refractivity contribution in [2.45, 2.75) is 13.3 Å². The van der Waals surface area contributed by atoms with Crippen molar-refractivity contribution in [2.24, 2.45) is 0 Å². The molecule has 1 N–H and O–H groups in total.